The van der Waals surface area contributed by atoms with Crippen LogP contribution in [0.15, 0.2) is 6.07 Å². The normalized spacial score (nSPS) is 15.2. The smallest absolute Gasteiger partial charge is 0.309 e. The van der Waals surface area contributed by atoms with E-state index in [2.05, 4.69) is 20.8 Å². The first-order valence-corrected chi connectivity index (χ1v) is 12.0. The Kier molecular flexibility index (Phi) is 9.08. The van der Waals surface area contributed by atoms with Crippen LogP contribution in [0.2, 0.25) is 0 Å². The van der Waals surface area contributed by atoms with Gasteiger partial charge >= 0.3 is 5.97 Å². The van der Waals surface area contributed by atoms with E-state index in [0.717, 1.165) is 69.8 Å². The highest BCUT2D eigenvalue weighted by molar-refractivity contribution is 5.77. The number of phenols is 3. The lowest BCUT2D eigenvalue weighted by Crippen LogP contribution is -2.14. The van der Waals surface area contributed by atoms with Crippen LogP contribution in [0.3, 0.4) is 0 Å². The van der Waals surface area contributed by atoms with Crippen LogP contribution in [-0.4, -0.2) is 26.4 Å². The van der Waals surface area contributed by atoms with Gasteiger partial charge < -0.3 is 20.4 Å². The van der Waals surface area contributed by atoms with Crippen LogP contribution in [0, 0.1) is 10.8 Å². The average molecular weight is 435 g/mol. The molecule has 2 rings (SSSR count). The number of aliphatic carboxylic acids is 1. The number of carboxylic acid groups (broad SMARTS) is 1. The van der Waals surface area contributed by atoms with Gasteiger partial charge in [0, 0.05) is 17.2 Å². The molecule has 0 bridgehead atoms. The maximum atomic E-state index is 11.2. The van der Waals surface area contributed by atoms with Gasteiger partial charge in [0.05, 0.1) is 5.41 Å². The lowest BCUT2D eigenvalue weighted by Gasteiger charge is -2.18. The van der Waals surface area contributed by atoms with Gasteiger partial charge in [-0.05, 0) is 56.8 Å². The monoisotopic (exact) mass is 434 g/mol. The number of unbranched alkanes of at least 4 members (excludes halogenated alkanes) is 6. The molecular weight excluding hydrogens is 392 g/mol. The summed E-state index contributed by atoms with van der Waals surface area (Å²) in [6.07, 6.45) is 12.9. The van der Waals surface area contributed by atoms with Gasteiger partial charge in [0.25, 0.3) is 0 Å². The summed E-state index contributed by atoms with van der Waals surface area (Å²) in [5, 5.41) is 39.9. The van der Waals surface area contributed by atoms with Gasteiger partial charge in [-0.2, -0.15) is 0 Å². The summed E-state index contributed by atoms with van der Waals surface area (Å²) in [6, 6.07) is 1.24. The third-order valence-electron chi connectivity index (χ3n) is 6.72. The van der Waals surface area contributed by atoms with Crippen LogP contribution in [0.4, 0.5) is 0 Å². The van der Waals surface area contributed by atoms with Gasteiger partial charge in [0.1, 0.15) is 5.75 Å². The second-order valence-electron chi connectivity index (χ2n) is 10.7. The molecule has 0 aliphatic heterocycles. The lowest BCUT2D eigenvalue weighted by molar-refractivity contribution is -0.143. The maximum Gasteiger partial charge on any atom is 0.309 e. The highest BCUT2D eigenvalue weighted by Crippen LogP contribution is 2.50. The number of carboxylic acids is 1. The summed E-state index contributed by atoms with van der Waals surface area (Å²) < 4.78 is 0. The fourth-order valence-corrected chi connectivity index (χ4v) is 4.44. The van der Waals surface area contributed by atoms with Crippen LogP contribution < -0.4 is 0 Å². The minimum absolute atomic E-state index is 0.0563. The first-order chi connectivity index (χ1) is 14.6. The molecule has 0 amide bonds. The van der Waals surface area contributed by atoms with Crippen molar-refractivity contribution in [1.29, 1.82) is 0 Å². The predicted octanol–water partition coefficient (Wildman–Crippen LogP) is 6.70. The lowest BCUT2D eigenvalue weighted by atomic mass is 9.89. The van der Waals surface area contributed by atoms with Crippen LogP contribution in [-0.2, 0) is 17.6 Å². The molecule has 5 heteroatoms. The minimum atomic E-state index is -0.653. The molecule has 5 nitrogen and oxygen atoms in total. The standard InChI is InChI=1S/C26H42O5/c1-25(2,3)14-10-6-4-9-13-20-19(21(27)18-22(28)23(20)29)12-8-5-7-11-15-26(16-17-26)24(30)31/h18,27-29H,4-17H2,1-3H3,(H,30,31). The van der Waals surface area contributed by atoms with Crippen molar-refractivity contribution in [3.8, 4) is 17.2 Å². The number of rotatable bonds is 14. The first kappa shape index (κ1) is 25.4. The zero-order chi connectivity index (χ0) is 23.1. The third-order valence-corrected chi connectivity index (χ3v) is 6.72. The zero-order valence-electron chi connectivity index (χ0n) is 19.7. The van der Waals surface area contributed by atoms with E-state index in [9.17, 15) is 25.2 Å². The van der Waals surface area contributed by atoms with E-state index >= 15 is 0 Å². The molecule has 0 unspecified atom stereocenters. The largest absolute Gasteiger partial charge is 0.508 e. The van der Waals surface area contributed by atoms with Crippen LogP contribution >= 0.6 is 0 Å². The molecule has 1 aliphatic carbocycles. The third kappa shape index (κ3) is 7.93. The average Bonchev–Trinajstić information content (AvgIpc) is 3.46. The second-order valence-corrected chi connectivity index (χ2v) is 10.7. The molecule has 0 aromatic heterocycles. The van der Waals surface area contributed by atoms with Crippen molar-refractivity contribution in [2.45, 2.75) is 111 Å². The molecule has 0 saturated heterocycles. The van der Waals surface area contributed by atoms with E-state index in [1.807, 2.05) is 0 Å². The Balaban J connectivity index is 1.79. The molecule has 1 saturated carbocycles. The Morgan fingerprint density at radius 2 is 1.39 bits per heavy atom. The van der Waals surface area contributed by atoms with Crippen molar-refractivity contribution in [1.82, 2.24) is 0 Å². The van der Waals surface area contributed by atoms with Crippen molar-refractivity contribution < 1.29 is 25.2 Å². The van der Waals surface area contributed by atoms with Gasteiger partial charge in [-0.3, -0.25) is 4.79 Å². The Morgan fingerprint density at radius 1 is 0.839 bits per heavy atom. The van der Waals surface area contributed by atoms with Crippen LogP contribution in [0.1, 0.15) is 109 Å². The van der Waals surface area contributed by atoms with Gasteiger partial charge in [-0.1, -0.05) is 59.3 Å². The van der Waals surface area contributed by atoms with Crippen molar-refractivity contribution >= 4 is 5.97 Å². The highest BCUT2D eigenvalue weighted by Gasteiger charge is 2.49. The molecule has 1 aromatic rings. The quantitative estimate of drug-likeness (QED) is 0.148. The second kappa shape index (κ2) is 11.1. The molecule has 1 aliphatic rings. The molecule has 4 N–H and O–H groups in total. The number of aromatic hydroxyl groups is 3. The predicted molar refractivity (Wildman–Crippen MR) is 124 cm³/mol. The molecule has 0 heterocycles. The van der Waals surface area contributed by atoms with Crippen molar-refractivity contribution in [2.75, 3.05) is 0 Å². The number of hydrogen-bond acceptors (Lipinski definition) is 4. The number of hydrogen-bond donors (Lipinski definition) is 4. The molecule has 1 aromatic carbocycles. The molecular formula is C26H42O5. The van der Waals surface area contributed by atoms with E-state index in [0.29, 0.717) is 23.8 Å². The summed E-state index contributed by atoms with van der Waals surface area (Å²) in [6.45, 7) is 6.76. The van der Waals surface area contributed by atoms with E-state index in [1.54, 1.807) is 0 Å². The topological polar surface area (TPSA) is 98.0 Å². The summed E-state index contributed by atoms with van der Waals surface area (Å²) in [4.78, 5) is 11.2. The van der Waals surface area contributed by atoms with Gasteiger partial charge in [-0.15, -0.1) is 0 Å². The first-order valence-electron chi connectivity index (χ1n) is 12.0. The molecule has 1 fully saturated rings. The minimum Gasteiger partial charge on any atom is -0.508 e. The van der Waals surface area contributed by atoms with E-state index in [4.69, 9.17) is 0 Å². The Labute approximate surface area is 187 Å². The summed E-state index contributed by atoms with van der Waals surface area (Å²) in [7, 11) is 0. The fraction of sp³-hybridized carbons (Fsp3) is 0.731. The number of phenolic OH excluding ortho intramolecular Hbond substituents is 3. The van der Waals surface area contributed by atoms with Crippen LogP contribution in [0.25, 0.3) is 0 Å². The Morgan fingerprint density at radius 3 is 1.94 bits per heavy atom. The molecule has 176 valence electrons. The van der Waals surface area contributed by atoms with Crippen molar-refractivity contribution in [3.63, 3.8) is 0 Å². The summed E-state index contributed by atoms with van der Waals surface area (Å²) in [5.74, 6) is -0.951. The molecule has 0 atom stereocenters. The highest BCUT2D eigenvalue weighted by atomic mass is 16.4. The summed E-state index contributed by atoms with van der Waals surface area (Å²) in [5.41, 5.74) is 1.33. The van der Waals surface area contributed by atoms with Crippen LogP contribution in [0.5, 0.6) is 17.2 Å². The SMILES string of the molecule is CC(C)(C)CCCCCCc1c(O)c(O)cc(O)c1CCCCCCC1(C(=O)O)CC1. The van der Waals surface area contributed by atoms with E-state index < -0.39 is 11.4 Å². The van der Waals surface area contributed by atoms with Gasteiger partial charge in [-0.25, -0.2) is 0 Å². The molecule has 31 heavy (non-hydrogen) atoms. The summed E-state index contributed by atoms with van der Waals surface area (Å²) >= 11 is 0. The molecule has 0 radical (unpaired) electrons. The number of benzene rings is 1. The zero-order valence-corrected chi connectivity index (χ0v) is 19.7. The Bertz CT molecular complexity index is 728. The van der Waals surface area contributed by atoms with Crippen molar-refractivity contribution in [2.24, 2.45) is 10.8 Å². The van der Waals surface area contributed by atoms with Gasteiger partial charge in [0.15, 0.2) is 11.5 Å². The molecule has 0 spiro atoms. The van der Waals surface area contributed by atoms with E-state index in [-0.39, 0.29) is 17.2 Å². The van der Waals surface area contributed by atoms with Gasteiger partial charge in [0.2, 0.25) is 0 Å². The number of carbonyl (C=O) groups is 1. The fourth-order valence-electron chi connectivity index (χ4n) is 4.44. The van der Waals surface area contributed by atoms with Crippen molar-refractivity contribution in [3.05, 3.63) is 17.2 Å². The Hall–Kier alpha value is -1.91. The van der Waals surface area contributed by atoms with E-state index in [1.165, 1.54) is 18.9 Å². The maximum absolute atomic E-state index is 11.2.